The topological polar surface area (TPSA) is 103 Å². The molecule has 1 saturated heterocycles. The van der Waals surface area contributed by atoms with E-state index in [9.17, 15) is 14.7 Å². The van der Waals surface area contributed by atoms with Crippen molar-refractivity contribution >= 4 is 23.3 Å². The largest absolute Gasteiger partial charge is 0.477 e. The first-order chi connectivity index (χ1) is 9.88. The fraction of sp³-hybridized carbons (Fsp3) is 0.615. The Balaban J connectivity index is 1.89. The highest BCUT2D eigenvalue weighted by Crippen LogP contribution is 2.19. The van der Waals surface area contributed by atoms with E-state index in [1.807, 2.05) is 6.92 Å². The second kappa shape index (κ2) is 6.40. The van der Waals surface area contributed by atoms with Crippen LogP contribution in [-0.2, 0) is 6.54 Å². The number of carbonyl (C=O) groups is 2. The molecule has 21 heavy (non-hydrogen) atoms. The van der Waals surface area contributed by atoms with Gasteiger partial charge in [0.1, 0.15) is 9.88 Å². The van der Waals surface area contributed by atoms with Gasteiger partial charge in [-0.25, -0.2) is 14.6 Å². The average molecular weight is 313 g/mol. The van der Waals surface area contributed by atoms with Crippen LogP contribution in [-0.4, -0.2) is 51.3 Å². The molecule has 2 unspecified atom stereocenters. The molecule has 0 spiro atoms. The summed E-state index contributed by atoms with van der Waals surface area (Å²) < 4.78 is 0. The molecule has 8 heteroatoms. The van der Waals surface area contributed by atoms with Gasteiger partial charge in [-0.2, -0.15) is 0 Å². The zero-order valence-electron chi connectivity index (χ0n) is 12.0. The molecule has 1 fully saturated rings. The van der Waals surface area contributed by atoms with Gasteiger partial charge in [0.05, 0.1) is 18.3 Å². The number of urea groups is 1. The minimum atomic E-state index is -1.00. The lowest BCUT2D eigenvalue weighted by Gasteiger charge is -2.34. The molecule has 0 aliphatic carbocycles. The lowest BCUT2D eigenvalue weighted by molar-refractivity contribution is 0.0435. The molecule has 116 valence electrons. The first-order valence-corrected chi connectivity index (χ1v) is 7.60. The molecule has 0 radical (unpaired) electrons. The lowest BCUT2D eigenvalue weighted by atomic mass is 9.96. The van der Waals surface area contributed by atoms with E-state index >= 15 is 0 Å². The van der Waals surface area contributed by atoms with Crippen molar-refractivity contribution in [1.82, 2.24) is 15.2 Å². The Labute approximate surface area is 126 Å². The molecular weight excluding hydrogens is 294 g/mol. The van der Waals surface area contributed by atoms with Gasteiger partial charge in [-0.05, 0) is 19.3 Å². The van der Waals surface area contributed by atoms with E-state index in [4.69, 9.17) is 5.11 Å². The first-order valence-electron chi connectivity index (χ1n) is 6.79. The van der Waals surface area contributed by atoms with Crippen LogP contribution in [0.5, 0.6) is 0 Å². The number of aryl methyl sites for hydroxylation is 1. The summed E-state index contributed by atoms with van der Waals surface area (Å²) in [6, 6.07) is -0.259. The lowest BCUT2D eigenvalue weighted by Crippen LogP contribution is -2.49. The van der Waals surface area contributed by atoms with Crippen molar-refractivity contribution in [2.75, 3.05) is 13.1 Å². The highest BCUT2D eigenvalue weighted by Gasteiger charge is 2.27. The summed E-state index contributed by atoms with van der Waals surface area (Å²) in [6.45, 7) is 4.73. The number of carboxylic acid groups (broad SMARTS) is 1. The van der Waals surface area contributed by atoms with Crippen molar-refractivity contribution in [3.63, 3.8) is 0 Å². The first kappa shape index (κ1) is 15.7. The number of nitrogens with zero attached hydrogens (tertiary/aromatic N) is 2. The summed E-state index contributed by atoms with van der Waals surface area (Å²) in [7, 11) is 0. The van der Waals surface area contributed by atoms with E-state index in [0.717, 1.165) is 17.8 Å². The third-order valence-electron chi connectivity index (χ3n) is 3.63. The number of likely N-dealkylation sites (tertiary alicyclic amines) is 1. The number of carboxylic acids is 1. The molecule has 3 N–H and O–H groups in total. The molecule has 1 aromatic rings. The number of β-amino-alcohol motifs (C(OH)–C–C–N with tert-alkyl or cyclic N) is 1. The van der Waals surface area contributed by atoms with Crippen LogP contribution in [0.1, 0.15) is 33.7 Å². The van der Waals surface area contributed by atoms with E-state index in [-0.39, 0.29) is 23.4 Å². The van der Waals surface area contributed by atoms with E-state index in [0.29, 0.717) is 23.8 Å². The van der Waals surface area contributed by atoms with E-state index < -0.39 is 12.1 Å². The Morgan fingerprint density at radius 2 is 2.24 bits per heavy atom. The van der Waals surface area contributed by atoms with Crippen LogP contribution < -0.4 is 5.32 Å². The highest BCUT2D eigenvalue weighted by atomic mass is 32.1. The number of thiazole rings is 1. The number of aromatic carboxylic acids is 1. The van der Waals surface area contributed by atoms with Gasteiger partial charge in [-0.1, -0.05) is 6.92 Å². The summed E-state index contributed by atoms with van der Waals surface area (Å²) in [4.78, 5) is 28.8. The number of amides is 2. The van der Waals surface area contributed by atoms with Crippen LogP contribution in [0.3, 0.4) is 0 Å². The Morgan fingerprint density at radius 1 is 1.52 bits per heavy atom. The number of aromatic nitrogens is 1. The normalized spacial score (nSPS) is 22.1. The van der Waals surface area contributed by atoms with Gasteiger partial charge in [0.15, 0.2) is 0 Å². The van der Waals surface area contributed by atoms with Crippen molar-refractivity contribution in [2.45, 2.75) is 32.9 Å². The molecule has 2 atom stereocenters. The van der Waals surface area contributed by atoms with Crippen LogP contribution in [0, 0.1) is 12.8 Å². The predicted molar refractivity (Wildman–Crippen MR) is 77.4 cm³/mol. The van der Waals surface area contributed by atoms with Crippen LogP contribution in [0.4, 0.5) is 4.79 Å². The average Bonchev–Trinajstić information content (AvgIpc) is 2.80. The van der Waals surface area contributed by atoms with Crippen LogP contribution in [0.2, 0.25) is 0 Å². The second-order valence-corrected chi connectivity index (χ2v) is 6.35. The van der Waals surface area contributed by atoms with E-state index in [1.54, 1.807) is 11.8 Å². The van der Waals surface area contributed by atoms with Gasteiger partial charge in [0.2, 0.25) is 0 Å². The maximum atomic E-state index is 12.0. The summed E-state index contributed by atoms with van der Waals surface area (Å²) >= 11 is 1.06. The molecule has 1 aliphatic rings. The molecule has 0 saturated carbocycles. The molecule has 1 aliphatic heterocycles. The zero-order chi connectivity index (χ0) is 15.6. The smallest absolute Gasteiger partial charge is 0.347 e. The quantitative estimate of drug-likeness (QED) is 0.774. The van der Waals surface area contributed by atoms with Crippen molar-refractivity contribution < 1.29 is 19.8 Å². The molecule has 2 rings (SSSR count). The standard InChI is InChI=1S/C13H19N3O4S/c1-7-3-4-16(6-9(7)17)13(20)14-5-10-15-8(2)11(21-10)12(18)19/h7,9,17H,3-6H2,1-2H3,(H,14,20)(H,18,19). The fourth-order valence-electron chi connectivity index (χ4n) is 2.22. The summed E-state index contributed by atoms with van der Waals surface area (Å²) in [6.07, 6.45) is 0.277. The van der Waals surface area contributed by atoms with E-state index in [1.165, 1.54) is 0 Å². The third-order valence-corrected chi connectivity index (χ3v) is 4.78. The van der Waals surface area contributed by atoms with Crippen molar-refractivity contribution in [1.29, 1.82) is 0 Å². The van der Waals surface area contributed by atoms with Crippen LogP contribution in [0.15, 0.2) is 0 Å². The van der Waals surface area contributed by atoms with Gasteiger partial charge in [0.25, 0.3) is 0 Å². The van der Waals surface area contributed by atoms with Gasteiger partial charge in [-0.15, -0.1) is 11.3 Å². The predicted octanol–water partition coefficient (Wildman–Crippen LogP) is 1.06. The summed E-state index contributed by atoms with van der Waals surface area (Å²) in [5, 5.41) is 22.0. The Kier molecular flexibility index (Phi) is 4.79. The minimum Gasteiger partial charge on any atom is -0.477 e. The fourth-order valence-corrected chi connectivity index (χ4v) is 3.07. The number of nitrogens with one attached hydrogen (secondary N) is 1. The van der Waals surface area contributed by atoms with Gasteiger partial charge in [0, 0.05) is 13.1 Å². The molecule has 7 nitrogen and oxygen atoms in total. The monoisotopic (exact) mass is 313 g/mol. The SMILES string of the molecule is Cc1nc(CNC(=O)N2CCC(C)C(O)C2)sc1C(=O)O. The number of hydrogen-bond acceptors (Lipinski definition) is 5. The van der Waals surface area contributed by atoms with Crippen LogP contribution in [0.25, 0.3) is 0 Å². The number of carbonyl (C=O) groups excluding carboxylic acids is 1. The maximum Gasteiger partial charge on any atom is 0.347 e. The number of aliphatic hydroxyl groups excluding tert-OH is 1. The third kappa shape index (κ3) is 3.70. The number of hydrogen-bond donors (Lipinski definition) is 3. The maximum absolute atomic E-state index is 12.0. The minimum absolute atomic E-state index is 0.194. The number of piperidine rings is 1. The van der Waals surface area contributed by atoms with Gasteiger partial charge < -0.3 is 20.4 Å². The molecule has 1 aromatic heterocycles. The van der Waals surface area contributed by atoms with Crippen molar-refractivity contribution in [2.24, 2.45) is 5.92 Å². The van der Waals surface area contributed by atoms with Crippen LogP contribution >= 0.6 is 11.3 Å². The molecule has 0 bridgehead atoms. The number of aliphatic hydroxyl groups is 1. The van der Waals surface area contributed by atoms with Gasteiger partial charge >= 0.3 is 12.0 Å². The van der Waals surface area contributed by atoms with E-state index in [2.05, 4.69) is 10.3 Å². The van der Waals surface area contributed by atoms with Crippen molar-refractivity contribution in [3.05, 3.63) is 15.6 Å². The van der Waals surface area contributed by atoms with Gasteiger partial charge in [-0.3, -0.25) is 0 Å². The summed E-state index contributed by atoms with van der Waals surface area (Å²) in [5.41, 5.74) is 0.457. The molecular formula is C13H19N3O4S. The Bertz CT molecular complexity index is 546. The Hall–Kier alpha value is -1.67. The molecule has 2 amide bonds. The second-order valence-electron chi connectivity index (χ2n) is 5.27. The number of rotatable bonds is 3. The Morgan fingerprint density at radius 3 is 2.81 bits per heavy atom. The molecule has 2 heterocycles. The summed E-state index contributed by atoms with van der Waals surface area (Å²) in [5.74, 6) is -0.801. The van der Waals surface area contributed by atoms with Crippen molar-refractivity contribution in [3.8, 4) is 0 Å². The zero-order valence-corrected chi connectivity index (χ0v) is 12.8. The highest BCUT2D eigenvalue weighted by molar-refractivity contribution is 7.13. The molecule has 0 aromatic carbocycles.